The summed E-state index contributed by atoms with van der Waals surface area (Å²) in [6, 6.07) is 6.89. The van der Waals surface area contributed by atoms with Gasteiger partial charge in [0.15, 0.2) is 0 Å². The Hall–Kier alpha value is -0.730. The summed E-state index contributed by atoms with van der Waals surface area (Å²) in [6.45, 7) is 0.745. The second-order valence-corrected chi connectivity index (χ2v) is 3.34. The predicted molar refractivity (Wildman–Crippen MR) is 46.4 cm³/mol. The first-order valence-corrected chi connectivity index (χ1v) is 4.25. The predicted octanol–water partition coefficient (Wildman–Crippen LogP) is 2.07. The van der Waals surface area contributed by atoms with Crippen LogP contribution in [0.2, 0.25) is 0 Å². The normalized spacial score (nSPS) is 23.6. The van der Waals surface area contributed by atoms with E-state index < -0.39 is 0 Å². The van der Waals surface area contributed by atoms with Crippen LogP contribution < -0.4 is 0 Å². The van der Waals surface area contributed by atoms with Gasteiger partial charge in [0.2, 0.25) is 0 Å². The van der Waals surface area contributed by atoms with Crippen LogP contribution in [0.3, 0.4) is 0 Å². The first-order valence-electron chi connectivity index (χ1n) is 3.82. The first-order chi connectivity index (χ1) is 5.77. The van der Waals surface area contributed by atoms with Crippen molar-refractivity contribution in [2.75, 3.05) is 6.61 Å². The van der Waals surface area contributed by atoms with Crippen molar-refractivity contribution in [1.29, 1.82) is 0 Å². The van der Waals surface area contributed by atoms with Gasteiger partial charge >= 0.3 is 0 Å². The highest BCUT2D eigenvalue weighted by Crippen LogP contribution is 2.33. The van der Waals surface area contributed by atoms with Gasteiger partial charge in [0.25, 0.3) is 0 Å². The molecule has 1 saturated heterocycles. The Labute approximate surface area is 75.7 Å². The summed E-state index contributed by atoms with van der Waals surface area (Å²) in [5.74, 6) is 0.263. The summed E-state index contributed by atoms with van der Waals surface area (Å²) in [7, 11) is 0. The third kappa shape index (κ3) is 1.54. The highest BCUT2D eigenvalue weighted by Gasteiger charge is 2.32. The van der Waals surface area contributed by atoms with Gasteiger partial charge in [-0.2, -0.15) is 0 Å². The lowest BCUT2D eigenvalue weighted by Gasteiger charge is -2.05. The van der Waals surface area contributed by atoms with Gasteiger partial charge in [0, 0.05) is 0 Å². The van der Waals surface area contributed by atoms with Crippen LogP contribution >= 0.6 is 11.6 Å². The first kappa shape index (κ1) is 7.90. The number of epoxide rings is 1. The number of hydrogen-bond donors (Lipinski definition) is 1. The molecule has 0 spiro atoms. The van der Waals surface area contributed by atoms with E-state index in [1.165, 1.54) is 0 Å². The van der Waals surface area contributed by atoms with E-state index in [0.29, 0.717) is 0 Å². The molecule has 1 aliphatic rings. The molecule has 0 aliphatic carbocycles. The average molecular weight is 185 g/mol. The van der Waals surface area contributed by atoms with E-state index in [4.69, 9.17) is 21.4 Å². The molecule has 2 rings (SSSR count). The molecule has 3 heteroatoms. The second-order valence-electron chi connectivity index (χ2n) is 2.87. The van der Waals surface area contributed by atoms with Crippen LogP contribution in [0.4, 0.5) is 0 Å². The lowest BCUT2D eigenvalue weighted by atomic mass is 10.1. The molecule has 1 heterocycles. The van der Waals surface area contributed by atoms with Crippen LogP contribution in [0.15, 0.2) is 24.3 Å². The largest absolute Gasteiger partial charge is 0.508 e. The summed E-state index contributed by atoms with van der Waals surface area (Å²) in [5.41, 5.74) is 0.997. The lowest BCUT2D eigenvalue weighted by molar-refractivity contribution is 0.402. The zero-order valence-electron chi connectivity index (χ0n) is 6.40. The maximum Gasteiger partial charge on any atom is 0.115 e. The van der Waals surface area contributed by atoms with E-state index >= 15 is 0 Å². The lowest BCUT2D eigenvalue weighted by Crippen LogP contribution is -1.97. The monoisotopic (exact) mass is 184 g/mol. The minimum Gasteiger partial charge on any atom is -0.508 e. The average Bonchev–Trinajstić information content (AvgIpc) is 2.87. The SMILES string of the molecule is Oc1ccc(C(Cl)C2CO2)cc1. The number of phenolic OH excluding ortho intramolecular Hbond substituents is 1. The zero-order valence-corrected chi connectivity index (χ0v) is 7.16. The molecule has 1 aromatic rings. The highest BCUT2D eigenvalue weighted by molar-refractivity contribution is 6.21. The van der Waals surface area contributed by atoms with Gasteiger partial charge in [0.1, 0.15) is 11.9 Å². The Morgan fingerprint density at radius 2 is 2.00 bits per heavy atom. The van der Waals surface area contributed by atoms with Gasteiger partial charge in [0.05, 0.1) is 12.0 Å². The third-order valence-electron chi connectivity index (χ3n) is 1.90. The van der Waals surface area contributed by atoms with E-state index in [2.05, 4.69) is 0 Å². The van der Waals surface area contributed by atoms with Crippen LogP contribution in [0, 0.1) is 0 Å². The van der Waals surface area contributed by atoms with Gasteiger partial charge in [-0.25, -0.2) is 0 Å². The van der Waals surface area contributed by atoms with Crippen molar-refractivity contribution in [1.82, 2.24) is 0 Å². The second kappa shape index (κ2) is 2.96. The molecule has 0 aromatic heterocycles. The summed E-state index contributed by atoms with van der Waals surface area (Å²) in [4.78, 5) is 0. The molecular formula is C9H9ClO2. The van der Waals surface area contributed by atoms with E-state index in [-0.39, 0.29) is 17.2 Å². The molecule has 1 fully saturated rings. The Balaban J connectivity index is 2.16. The van der Waals surface area contributed by atoms with E-state index in [0.717, 1.165) is 12.2 Å². The van der Waals surface area contributed by atoms with Gasteiger partial charge in [-0.15, -0.1) is 11.6 Å². The van der Waals surface area contributed by atoms with Crippen molar-refractivity contribution in [3.05, 3.63) is 29.8 Å². The summed E-state index contributed by atoms with van der Waals surface area (Å²) in [6.07, 6.45) is 0.163. The Bertz CT molecular complexity index is 266. The van der Waals surface area contributed by atoms with Crippen molar-refractivity contribution in [2.24, 2.45) is 0 Å². The fourth-order valence-corrected chi connectivity index (χ4v) is 1.39. The maximum atomic E-state index is 9.02. The molecule has 12 heavy (non-hydrogen) atoms. The van der Waals surface area contributed by atoms with Gasteiger partial charge < -0.3 is 9.84 Å². The van der Waals surface area contributed by atoms with Crippen LogP contribution in [-0.4, -0.2) is 17.8 Å². The molecule has 2 unspecified atom stereocenters. The summed E-state index contributed by atoms with van der Waals surface area (Å²) in [5, 5.41) is 8.94. The molecule has 2 nitrogen and oxygen atoms in total. The molecule has 1 aromatic carbocycles. The minimum atomic E-state index is -0.0781. The smallest absolute Gasteiger partial charge is 0.115 e. The van der Waals surface area contributed by atoms with Crippen molar-refractivity contribution in [3.63, 3.8) is 0 Å². The third-order valence-corrected chi connectivity index (χ3v) is 2.43. The van der Waals surface area contributed by atoms with Gasteiger partial charge in [-0.3, -0.25) is 0 Å². The molecular weight excluding hydrogens is 176 g/mol. The number of hydrogen-bond acceptors (Lipinski definition) is 2. The van der Waals surface area contributed by atoms with E-state index in [1.54, 1.807) is 12.1 Å². The van der Waals surface area contributed by atoms with Crippen LogP contribution in [0.5, 0.6) is 5.75 Å². The van der Waals surface area contributed by atoms with Crippen LogP contribution in [0.25, 0.3) is 0 Å². The van der Waals surface area contributed by atoms with Crippen molar-refractivity contribution in [3.8, 4) is 5.75 Å². The van der Waals surface area contributed by atoms with Crippen molar-refractivity contribution < 1.29 is 9.84 Å². The topological polar surface area (TPSA) is 32.8 Å². The molecule has 64 valence electrons. The van der Waals surface area contributed by atoms with E-state index in [1.807, 2.05) is 12.1 Å². The number of phenols is 1. The molecule has 0 amide bonds. The fraction of sp³-hybridized carbons (Fsp3) is 0.333. The van der Waals surface area contributed by atoms with Crippen LogP contribution in [-0.2, 0) is 4.74 Å². The molecule has 1 N–H and O–H groups in total. The number of aromatic hydroxyl groups is 1. The summed E-state index contributed by atoms with van der Waals surface area (Å²) < 4.78 is 5.06. The number of halogens is 1. The number of benzene rings is 1. The minimum absolute atomic E-state index is 0.0781. The Morgan fingerprint density at radius 1 is 1.42 bits per heavy atom. The molecule has 2 atom stereocenters. The van der Waals surface area contributed by atoms with Gasteiger partial charge in [-0.1, -0.05) is 12.1 Å². The Morgan fingerprint density at radius 3 is 2.50 bits per heavy atom. The quantitative estimate of drug-likeness (QED) is 0.564. The number of alkyl halides is 1. The highest BCUT2D eigenvalue weighted by atomic mass is 35.5. The van der Waals surface area contributed by atoms with Crippen LogP contribution in [0.1, 0.15) is 10.9 Å². The fourth-order valence-electron chi connectivity index (χ4n) is 1.10. The molecule has 1 aliphatic heterocycles. The van der Waals surface area contributed by atoms with Crippen molar-refractivity contribution in [2.45, 2.75) is 11.5 Å². The number of rotatable bonds is 2. The maximum absolute atomic E-state index is 9.02. The standard InChI is InChI=1S/C9H9ClO2/c10-9(8-5-12-8)6-1-3-7(11)4-2-6/h1-4,8-9,11H,5H2. The summed E-state index contributed by atoms with van der Waals surface area (Å²) >= 11 is 6.05. The zero-order chi connectivity index (χ0) is 8.55. The number of ether oxygens (including phenoxy) is 1. The van der Waals surface area contributed by atoms with E-state index in [9.17, 15) is 0 Å². The molecule has 0 bridgehead atoms. The molecule has 0 radical (unpaired) electrons. The van der Waals surface area contributed by atoms with Crippen molar-refractivity contribution >= 4 is 11.6 Å². The Kier molecular flexibility index (Phi) is 1.95. The van der Waals surface area contributed by atoms with Gasteiger partial charge in [-0.05, 0) is 17.7 Å². The molecule has 0 saturated carbocycles.